The van der Waals surface area contributed by atoms with Crippen LogP contribution in [-0.4, -0.2) is 9.55 Å². The third-order valence-corrected chi connectivity index (χ3v) is 2.59. The first kappa shape index (κ1) is 12.3. The maximum Gasteiger partial charge on any atom is 0.328 e. The van der Waals surface area contributed by atoms with Crippen molar-refractivity contribution in [1.29, 1.82) is 0 Å². The van der Waals surface area contributed by atoms with E-state index >= 15 is 0 Å². The molecule has 18 heavy (non-hydrogen) atoms. The number of benzene rings is 1. The van der Waals surface area contributed by atoms with E-state index in [0.29, 0.717) is 0 Å². The standard InChI is InChI=1S/C12H12FN3O2/c13-9-6-16(12(18)15-11(9)17)7-10(14)8-4-2-1-3-5-8/h1-6,10H,7,14H2,(H,15,17,18). The molecule has 1 unspecified atom stereocenters. The third-order valence-electron chi connectivity index (χ3n) is 2.59. The first-order valence-electron chi connectivity index (χ1n) is 5.37. The molecule has 6 heteroatoms. The van der Waals surface area contributed by atoms with Crippen molar-refractivity contribution in [3.8, 4) is 0 Å². The Bertz CT molecular complexity index is 648. The van der Waals surface area contributed by atoms with Crippen molar-refractivity contribution in [2.75, 3.05) is 0 Å². The second-order valence-electron chi connectivity index (χ2n) is 3.91. The first-order chi connectivity index (χ1) is 8.58. The van der Waals surface area contributed by atoms with Gasteiger partial charge in [0.25, 0.3) is 5.56 Å². The average Bonchev–Trinajstić information content (AvgIpc) is 2.37. The van der Waals surface area contributed by atoms with E-state index in [-0.39, 0.29) is 6.54 Å². The van der Waals surface area contributed by atoms with Crippen LogP contribution in [0.2, 0.25) is 0 Å². The lowest BCUT2D eigenvalue weighted by atomic mass is 10.1. The van der Waals surface area contributed by atoms with Crippen LogP contribution >= 0.6 is 0 Å². The summed E-state index contributed by atoms with van der Waals surface area (Å²) in [6.45, 7) is 0.0938. The number of nitrogens with two attached hydrogens (primary N) is 1. The van der Waals surface area contributed by atoms with Gasteiger partial charge in [-0.15, -0.1) is 0 Å². The number of hydrogen-bond donors (Lipinski definition) is 2. The van der Waals surface area contributed by atoms with E-state index in [0.717, 1.165) is 16.3 Å². The summed E-state index contributed by atoms with van der Waals surface area (Å²) in [5, 5.41) is 0. The quantitative estimate of drug-likeness (QED) is 0.825. The predicted octanol–water partition coefficient (Wildman–Crippen LogP) is 0.376. The molecule has 0 bridgehead atoms. The van der Waals surface area contributed by atoms with Crippen molar-refractivity contribution in [3.05, 3.63) is 68.7 Å². The zero-order valence-electron chi connectivity index (χ0n) is 9.47. The van der Waals surface area contributed by atoms with Gasteiger partial charge in [-0.3, -0.25) is 14.3 Å². The number of H-pyrrole nitrogens is 1. The Morgan fingerprint density at radius 2 is 1.94 bits per heavy atom. The van der Waals surface area contributed by atoms with E-state index in [4.69, 9.17) is 5.73 Å². The molecule has 0 fully saturated rings. The van der Waals surface area contributed by atoms with E-state index in [1.165, 1.54) is 0 Å². The van der Waals surface area contributed by atoms with Crippen molar-refractivity contribution >= 4 is 0 Å². The fraction of sp³-hybridized carbons (Fsp3) is 0.167. The van der Waals surface area contributed by atoms with Crippen LogP contribution in [0.25, 0.3) is 0 Å². The molecule has 0 spiro atoms. The zero-order chi connectivity index (χ0) is 13.1. The lowest BCUT2D eigenvalue weighted by Gasteiger charge is -2.13. The van der Waals surface area contributed by atoms with Gasteiger partial charge in [0.1, 0.15) is 0 Å². The highest BCUT2D eigenvalue weighted by atomic mass is 19.1. The van der Waals surface area contributed by atoms with Gasteiger partial charge in [0.15, 0.2) is 0 Å². The molecular formula is C12H12FN3O2. The van der Waals surface area contributed by atoms with Crippen LogP contribution < -0.4 is 17.0 Å². The zero-order valence-corrected chi connectivity index (χ0v) is 9.47. The molecule has 1 atom stereocenters. The Hall–Kier alpha value is -2.21. The second kappa shape index (κ2) is 4.97. The minimum atomic E-state index is -1.02. The summed E-state index contributed by atoms with van der Waals surface area (Å²) >= 11 is 0. The van der Waals surface area contributed by atoms with Crippen molar-refractivity contribution in [3.63, 3.8) is 0 Å². The van der Waals surface area contributed by atoms with Gasteiger partial charge in [-0.25, -0.2) is 4.79 Å². The van der Waals surface area contributed by atoms with Crippen molar-refractivity contribution in [2.24, 2.45) is 5.73 Å². The van der Waals surface area contributed by atoms with Crippen LogP contribution in [0.4, 0.5) is 4.39 Å². The number of hydrogen-bond acceptors (Lipinski definition) is 3. The topological polar surface area (TPSA) is 80.9 Å². The Labute approximate surface area is 102 Å². The summed E-state index contributed by atoms with van der Waals surface area (Å²) in [6.07, 6.45) is 0.865. The smallest absolute Gasteiger partial charge is 0.322 e. The molecule has 94 valence electrons. The summed E-state index contributed by atoms with van der Waals surface area (Å²) in [5.41, 5.74) is 5.04. The molecule has 0 aliphatic carbocycles. The number of aromatic amines is 1. The number of nitrogens with one attached hydrogen (secondary N) is 1. The second-order valence-corrected chi connectivity index (χ2v) is 3.91. The molecule has 0 saturated carbocycles. The molecule has 3 N–H and O–H groups in total. The molecule has 0 aliphatic heterocycles. The SMILES string of the molecule is NC(Cn1cc(F)c(=O)[nH]c1=O)c1ccccc1. The molecule has 0 radical (unpaired) electrons. The number of aromatic nitrogens is 2. The Morgan fingerprint density at radius 3 is 2.61 bits per heavy atom. The Morgan fingerprint density at radius 1 is 1.28 bits per heavy atom. The largest absolute Gasteiger partial charge is 0.328 e. The van der Waals surface area contributed by atoms with Crippen molar-refractivity contribution in [1.82, 2.24) is 9.55 Å². The van der Waals surface area contributed by atoms with Gasteiger partial charge < -0.3 is 5.73 Å². The first-order valence-corrected chi connectivity index (χ1v) is 5.37. The molecule has 1 heterocycles. The lowest BCUT2D eigenvalue weighted by molar-refractivity contribution is 0.511. The Kier molecular flexibility index (Phi) is 3.38. The van der Waals surface area contributed by atoms with Crippen LogP contribution in [-0.2, 0) is 6.54 Å². The number of rotatable bonds is 3. The van der Waals surface area contributed by atoms with Gasteiger partial charge in [-0.2, -0.15) is 4.39 Å². The maximum atomic E-state index is 13.1. The summed E-state index contributed by atoms with van der Waals surface area (Å²) in [4.78, 5) is 24.2. The van der Waals surface area contributed by atoms with Gasteiger partial charge in [0, 0.05) is 12.6 Å². The van der Waals surface area contributed by atoms with E-state index in [2.05, 4.69) is 0 Å². The highest BCUT2D eigenvalue weighted by Gasteiger charge is 2.09. The highest BCUT2D eigenvalue weighted by molar-refractivity contribution is 5.18. The fourth-order valence-corrected chi connectivity index (χ4v) is 1.64. The molecule has 1 aromatic heterocycles. The monoisotopic (exact) mass is 249 g/mol. The van der Waals surface area contributed by atoms with Crippen LogP contribution in [0, 0.1) is 5.82 Å². The summed E-state index contributed by atoms with van der Waals surface area (Å²) in [5.74, 6) is -1.00. The highest BCUT2D eigenvalue weighted by Crippen LogP contribution is 2.10. The molecule has 2 aromatic rings. The normalized spacial score (nSPS) is 12.3. The molecule has 0 aliphatic rings. The third kappa shape index (κ3) is 2.54. The van der Waals surface area contributed by atoms with Crippen LogP contribution in [0.1, 0.15) is 11.6 Å². The van der Waals surface area contributed by atoms with E-state index in [9.17, 15) is 14.0 Å². The fourth-order valence-electron chi connectivity index (χ4n) is 1.64. The number of halogens is 1. The molecular weight excluding hydrogens is 237 g/mol. The molecule has 1 aromatic carbocycles. The van der Waals surface area contributed by atoms with Gasteiger partial charge in [0.05, 0.1) is 6.20 Å². The van der Waals surface area contributed by atoms with E-state index in [1.54, 1.807) is 0 Å². The van der Waals surface area contributed by atoms with Gasteiger partial charge in [-0.1, -0.05) is 30.3 Å². The Balaban J connectivity index is 2.28. The lowest BCUT2D eigenvalue weighted by Crippen LogP contribution is -2.34. The van der Waals surface area contributed by atoms with Crippen molar-refractivity contribution < 1.29 is 4.39 Å². The minimum absolute atomic E-state index is 0.0938. The van der Waals surface area contributed by atoms with Crippen molar-refractivity contribution in [2.45, 2.75) is 12.6 Å². The van der Waals surface area contributed by atoms with Crippen LogP contribution in [0.5, 0.6) is 0 Å². The van der Waals surface area contributed by atoms with E-state index < -0.39 is 23.1 Å². The minimum Gasteiger partial charge on any atom is -0.322 e. The van der Waals surface area contributed by atoms with E-state index in [1.807, 2.05) is 35.3 Å². The molecule has 5 nitrogen and oxygen atoms in total. The van der Waals surface area contributed by atoms with Gasteiger partial charge in [-0.05, 0) is 5.56 Å². The van der Waals surface area contributed by atoms with Crippen LogP contribution in [0.3, 0.4) is 0 Å². The summed E-state index contributed by atoms with van der Waals surface area (Å²) < 4.78 is 14.1. The molecule has 2 rings (SSSR count). The van der Waals surface area contributed by atoms with Crippen LogP contribution in [0.15, 0.2) is 46.1 Å². The summed E-state index contributed by atoms with van der Waals surface area (Å²) in [7, 11) is 0. The summed E-state index contributed by atoms with van der Waals surface area (Å²) in [6, 6.07) is 8.68. The van der Waals surface area contributed by atoms with Gasteiger partial charge >= 0.3 is 5.69 Å². The number of nitrogens with zero attached hydrogens (tertiary/aromatic N) is 1. The molecule has 0 saturated heterocycles. The predicted molar refractivity (Wildman–Crippen MR) is 64.7 cm³/mol. The molecule has 0 amide bonds. The average molecular weight is 249 g/mol. The van der Waals surface area contributed by atoms with Gasteiger partial charge in [0.2, 0.25) is 5.82 Å². The maximum absolute atomic E-state index is 13.1.